The van der Waals surface area contributed by atoms with Crippen molar-refractivity contribution in [2.24, 2.45) is 0 Å². The van der Waals surface area contributed by atoms with Crippen molar-refractivity contribution in [3.05, 3.63) is 39.4 Å². The number of benzene rings is 1. The van der Waals surface area contributed by atoms with Crippen LogP contribution in [0.1, 0.15) is 35.2 Å². The van der Waals surface area contributed by atoms with Crippen molar-refractivity contribution in [1.82, 2.24) is 10.2 Å². The second-order valence-electron chi connectivity index (χ2n) is 5.89. The minimum Gasteiger partial charge on any atom is -0.393 e. The third-order valence-corrected chi connectivity index (χ3v) is 4.24. The number of nitro benzene ring substituents is 1. The third-order valence-electron chi connectivity index (χ3n) is 4.24. The molecule has 0 unspecified atom stereocenters. The van der Waals surface area contributed by atoms with E-state index in [4.69, 9.17) is 0 Å². The maximum atomic E-state index is 12.2. The maximum absolute atomic E-state index is 12.2. The Morgan fingerprint density at radius 3 is 2.78 bits per heavy atom. The van der Waals surface area contributed by atoms with E-state index in [-0.39, 0.29) is 17.7 Å². The Labute approximate surface area is 135 Å². The van der Waals surface area contributed by atoms with Crippen LogP contribution < -0.4 is 5.32 Å². The number of aliphatic hydroxyl groups excluding tert-OH is 1. The van der Waals surface area contributed by atoms with Crippen molar-refractivity contribution in [3.63, 3.8) is 0 Å². The summed E-state index contributed by atoms with van der Waals surface area (Å²) < 4.78 is 0. The predicted octanol–water partition coefficient (Wildman–Crippen LogP) is 1.48. The number of nitrogens with one attached hydrogen (secondary N) is 1. The van der Waals surface area contributed by atoms with Crippen molar-refractivity contribution in [2.75, 3.05) is 26.2 Å². The molecule has 1 heterocycles. The molecule has 0 bridgehead atoms. The minimum absolute atomic E-state index is 0.0375. The fraction of sp³-hybridized carbons (Fsp3) is 0.562. The highest BCUT2D eigenvalue weighted by Gasteiger charge is 2.18. The standard InChI is InChI=1S/C16H23N3O4/c1-12-14(4-2-5-15(12)19(22)23)16(21)17-8-3-9-18-10-6-13(20)7-11-18/h2,4-5,13,20H,3,6-11H2,1H3,(H,17,21). The number of nitro groups is 1. The summed E-state index contributed by atoms with van der Waals surface area (Å²) in [5.74, 6) is -0.278. The fourth-order valence-corrected chi connectivity index (χ4v) is 2.81. The van der Waals surface area contributed by atoms with Crippen LogP contribution >= 0.6 is 0 Å². The van der Waals surface area contributed by atoms with Gasteiger partial charge < -0.3 is 15.3 Å². The van der Waals surface area contributed by atoms with Crippen LogP contribution in [0.5, 0.6) is 0 Å². The Morgan fingerprint density at radius 2 is 2.13 bits per heavy atom. The molecule has 1 aliphatic rings. The van der Waals surface area contributed by atoms with Gasteiger partial charge in [0.05, 0.1) is 11.0 Å². The Kier molecular flexibility index (Phi) is 6.06. The first kappa shape index (κ1) is 17.4. The molecule has 23 heavy (non-hydrogen) atoms. The summed E-state index contributed by atoms with van der Waals surface area (Å²) >= 11 is 0. The molecule has 7 nitrogen and oxygen atoms in total. The zero-order valence-electron chi connectivity index (χ0n) is 13.3. The smallest absolute Gasteiger partial charge is 0.273 e. The van der Waals surface area contributed by atoms with Crippen LogP contribution in [0.2, 0.25) is 0 Å². The SMILES string of the molecule is Cc1c(C(=O)NCCCN2CCC(O)CC2)cccc1[N+](=O)[O-]. The number of aliphatic hydroxyl groups is 1. The van der Waals surface area contributed by atoms with Gasteiger partial charge in [0.1, 0.15) is 0 Å². The van der Waals surface area contributed by atoms with E-state index in [0.29, 0.717) is 17.7 Å². The molecule has 1 fully saturated rings. The molecule has 0 radical (unpaired) electrons. The van der Waals surface area contributed by atoms with Gasteiger partial charge >= 0.3 is 0 Å². The number of hydrogen-bond acceptors (Lipinski definition) is 5. The molecular formula is C16H23N3O4. The van der Waals surface area contributed by atoms with Crippen LogP contribution in [0.15, 0.2) is 18.2 Å². The van der Waals surface area contributed by atoms with Gasteiger partial charge in [-0.1, -0.05) is 6.07 Å². The first-order valence-electron chi connectivity index (χ1n) is 7.91. The molecule has 1 aromatic rings. The van der Waals surface area contributed by atoms with Gasteiger partial charge in [-0.2, -0.15) is 0 Å². The van der Waals surface area contributed by atoms with Crippen molar-refractivity contribution in [1.29, 1.82) is 0 Å². The second-order valence-corrected chi connectivity index (χ2v) is 5.89. The van der Waals surface area contributed by atoms with Gasteiger partial charge in [-0.05, 0) is 38.8 Å². The molecule has 1 aliphatic heterocycles. The molecule has 0 aliphatic carbocycles. The van der Waals surface area contributed by atoms with Gasteiger partial charge in [0.2, 0.25) is 0 Å². The van der Waals surface area contributed by atoms with Crippen LogP contribution in [0.3, 0.4) is 0 Å². The van der Waals surface area contributed by atoms with Crippen molar-refractivity contribution in [3.8, 4) is 0 Å². The highest BCUT2D eigenvalue weighted by Crippen LogP contribution is 2.20. The first-order chi connectivity index (χ1) is 11.0. The average Bonchev–Trinajstić information content (AvgIpc) is 2.53. The fourth-order valence-electron chi connectivity index (χ4n) is 2.81. The molecule has 7 heteroatoms. The van der Waals surface area contributed by atoms with Crippen LogP contribution in [0, 0.1) is 17.0 Å². The summed E-state index contributed by atoms with van der Waals surface area (Å²) in [4.78, 5) is 24.9. The summed E-state index contributed by atoms with van der Waals surface area (Å²) in [6.45, 7) is 4.77. The lowest BCUT2D eigenvalue weighted by molar-refractivity contribution is -0.385. The van der Waals surface area contributed by atoms with Crippen molar-refractivity contribution in [2.45, 2.75) is 32.3 Å². The highest BCUT2D eigenvalue weighted by atomic mass is 16.6. The monoisotopic (exact) mass is 321 g/mol. The number of piperidine rings is 1. The summed E-state index contributed by atoms with van der Waals surface area (Å²) in [5, 5.41) is 23.2. The molecule has 0 atom stereocenters. The maximum Gasteiger partial charge on any atom is 0.273 e. The molecule has 2 N–H and O–H groups in total. The van der Waals surface area contributed by atoms with Crippen LogP contribution in [0.4, 0.5) is 5.69 Å². The van der Waals surface area contributed by atoms with E-state index in [2.05, 4.69) is 10.2 Å². The number of likely N-dealkylation sites (tertiary alicyclic amines) is 1. The van der Waals surface area contributed by atoms with Crippen molar-refractivity contribution >= 4 is 11.6 Å². The lowest BCUT2D eigenvalue weighted by atomic mass is 10.1. The van der Waals surface area contributed by atoms with E-state index in [0.717, 1.165) is 38.9 Å². The van der Waals surface area contributed by atoms with E-state index in [1.165, 1.54) is 12.1 Å². The number of nitrogens with zero attached hydrogens (tertiary/aromatic N) is 2. The van der Waals surface area contributed by atoms with Gasteiger partial charge in [0.15, 0.2) is 0 Å². The summed E-state index contributed by atoms with van der Waals surface area (Å²) in [5.41, 5.74) is 0.699. The number of carbonyl (C=O) groups excluding carboxylic acids is 1. The average molecular weight is 321 g/mol. The van der Waals surface area contributed by atoms with Crippen LogP contribution in [0.25, 0.3) is 0 Å². The highest BCUT2D eigenvalue weighted by molar-refractivity contribution is 5.96. The van der Waals surface area contributed by atoms with E-state index < -0.39 is 4.92 Å². The largest absolute Gasteiger partial charge is 0.393 e. The summed E-state index contributed by atoms with van der Waals surface area (Å²) in [6, 6.07) is 4.53. The molecule has 2 rings (SSSR count). The number of carbonyl (C=O) groups is 1. The third kappa shape index (κ3) is 4.74. The molecular weight excluding hydrogens is 298 g/mol. The summed E-state index contributed by atoms with van der Waals surface area (Å²) in [7, 11) is 0. The second kappa shape index (κ2) is 8.03. The van der Waals surface area contributed by atoms with Gasteiger partial charge in [-0.15, -0.1) is 0 Å². The van der Waals surface area contributed by atoms with Crippen molar-refractivity contribution < 1.29 is 14.8 Å². The van der Waals surface area contributed by atoms with Gasteiger partial charge in [-0.3, -0.25) is 14.9 Å². The molecule has 0 saturated carbocycles. The summed E-state index contributed by atoms with van der Waals surface area (Å²) in [6.07, 6.45) is 2.25. The molecule has 126 valence electrons. The lowest BCUT2D eigenvalue weighted by Gasteiger charge is -2.29. The van der Waals surface area contributed by atoms with E-state index in [1.807, 2.05) is 0 Å². The van der Waals surface area contributed by atoms with E-state index in [9.17, 15) is 20.0 Å². The predicted molar refractivity (Wildman–Crippen MR) is 86.5 cm³/mol. The minimum atomic E-state index is -0.475. The zero-order chi connectivity index (χ0) is 16.8. The lowest BCUT2D eigenvalue weighted by Crippen LogP contribution is -2.37. The Bertz CT molecular complexity index is 568. The molecule has 1 saturated heterocycles. The molecule has 1 amide bonds. The Hall–Kier alpha value is -1.99. The molecule has 0 spiro atoms. The Balaban J connectivity index is 1.79. The normalized spacial score (nSPS) is 16.3. The number of rotatable bonds is 6. The first-order valence-corrected chi connectivity index (χ1v) is 7.91. The quantitative estimate of drug-likeness (QED) is 0.470. The topological polar surface area (TPSA) is 95.7 Å². The zero-order valence-corrected chi connectivity index (χ0v) is 13.3. The number of hydrogen-bond donors (Lipinski definition) is 2. The number of amides is 1. The van der Waals surface area contributed by atoms with Crippen LogP contribution in [-0.4, -0.2) is 53.1 Å². The van der Waals surface area contributed by atoms with Gasteiger partial charge in [0, 0.05) is 36.8 Å². The Morgan fingerprint density at radius 1 is 1.43 bits per heavy atom. The van der Waals surface area contributed by atoms with Gasteiger partial charge in [0.25, 0.3) is 11.6 Å². The molecule has 0 aromatic heterocycles. The molecule has 1 aromatic carbocycles. The van der Waals surface area contributed by atoms with Gasteiger partial charge in [-0.25, -0.2) is 0 Å². The van der Waals surface area contributed by atoms with E-state index >= 15 is 0 Å². The van der Waals surface area contributed by atoms with Crippen LogP contribution in [-0.2, 0) is 0 Å². The van der Waals surface area contributed by atoms with E-state index in [1.54, 1.807) is 13.0 Å².